The molecular weight excluding hydrogens is 296 g/mol. The van der Waals surface area contributed by atoms with Crippen LogP contribution in [0.2, 0.25) is 0 Å². The maximum atomic E-state index is 10.6. The van der Waals surface area contributed by atoms with Gasteiger partial charge < -0.3 is 4.74 Å². The highest BCUT2D eigenvalue weighted by Gasteiger charge is 2.09. The summed E-state index contributed by atoms with van der Waals surface area (Å²) in [5.74, 6) is 2.02. The van der Waals surface area contributed by atoms with E-state index < -0.39 is 4.92 Å². The van der Waals surface area contributed by atoms with E-state index in [0.717, 1.165) is 16.9 Å². The highest BCUT2D eigenvalue weighted by molar-refractivity contribution is 5.57. The summed E-state index contributed by atoms with van der Waals surface area (Å²) in [6, 6.07) is 13.9. The standard InChI is InChI=1S/C16H14N4O3/c1-23-14-4-2-3-12(10-14)16-17-15(18-19-16)9-11-5-7-13(8-6-11)20(21)22/h2-8,10H,9H2,1H3,(H,17,18,19). The lowest BCUT2D eigenvalue weighted by Crippen LogP contribution is -1.92. The van der Waals surface area contributed by atoms with Gasteiger partial charge in [0.2, 0.25) is 0 Å². The molecule has 0 unspecified atom stereocenters. The maximum absolute atomic E-state index is 10.6. The molecular formula is C16H14N4O3. The molecule has 1 N–H and O–H groups in total. The van der Waals surface area contributed by atoms with E-state index in [2.05, 4.69) is 15.2 Å². The van der Waals surface area contributed by atoms with E-state index in [0.29, 0.717) is 18.1 Å². The number of aromatic nitrogens is 3. The van der Waals surface area contributed by atoms with Crippen molar-refractivity contribution >= 4 is 5.69 Å². The highest BCUT2D eigenvalue weighted by Crippen LogP contribution is 2.21. The van der Waals surface area contributed by atoms with Crippen LogP contribution in [0.4, 0.5) is 5.69 Å². The molecule has 0 fully saturated rings. The van der Waals surface area contributed by atoms with Crippen molar-refractivity contribution in [2.45, 2.75) is 6.42 Å². The van der Waals surface area contributed by atoms with E-state index in [1.807, 2.05) is 24.3 Å². The number of nitrogens with zero attached hydrogens (tertiary/aromatic N) is 3. The van der Waals surface area contributed by atoms with Gasteiger partial charge >= 0.3 is 0 Å². The third kappa shape index (κ3) is 3.34. The monoisotopic (exact) mass is 310 g/mol. The first-order valence-electron chi connectivity index (χ1n) is 6.95. The van der Waals surface area contributed by atoms with E-state index in [-0.39, 0.29) is 5.69 Å². The van der Waals surface area contributed by atoms with Crippen molar-refractivity contribution in [3.8, 4) is 17.1 Å². The maximum Gasteiger partial charge on any atom is 0.269 e. The third-order valence-corrected chi connectivity index (χ3v) is 3.38. The van der Waals surface area contributed by atoms with E-state index in [9.17, 15) is 10.1 Å². The second-order valence-electron chi connectivity index (χ2n) is 4.94. The minimum Gasteiger partial charge on any atom is -0.497 e. The Kier molecular flexibility index (Phi) is 4.01. The molecule has 1 aromatic heterocycles. The van der Waals surface area contributed by atoms with Crippen LogP contribution < -0.4 is 4.74 Å². The van der Waals surface area contributed by atoms with Crippen molar-refractivity contribution in [2.75, 3.05) is 7.11 Å². The number of methoxy groups -OCH3 is 1. The second kappa shape index (κ2) is 6.27. The Morgan fingerprint density at radius 3 is 2.70 bits per heavy atom. The van der Waals surface area contributed by atoms with Gasteiger partial charge in [-0.3, -0.25) is 15.2 Å². The lowest BCUT2D eigenvalue weighted by atomic mass is 10.1. The number of nitrogens with one attached hydrogen (secondary N) is 1. The Morgan fingerprint density at radius 1 is 1.22 bits per heavy atom. The SMILES string of the molecule is COc1cccc(-c2n[nH]c(Cc3ccc([N+](=O)[O-])cc3)n2)c1. The van der Waals surface area contributed by atoms with E-state index in [4.69, 9.17) is 4.74 Å². The average molecular weight is 310 g/mol. The fourth-order valence-electron chi connectivity index (χ4n) is 2.19. The summed E-state index contributed by atoms with van der Waals surface area (Å²) in [5, 5.41) is 17.7. The van der Waals surface area contributed by atoms with Crippen molar-refractivity contribution in [3.05, 3.63) is 70.0 Å². The van der Waals surface area contributed by atoms with Crippen LogP contribution in [0, 0.1) is 10.1 Å². The normalized spacial score (nSPS) is 10.5. The van der Waals surface area contributed by atoms with Gasteiger partial charge in [-0.2, -0.15) is 5.10 Å². The van der Waals surface area contributed by atoms with Crippen LogP contribution in [-0.4, -0.2) is 27.2 Å². The smallest absolute Gasteiger partial charge is 0.269 e. The predicted molar refractivity (Wildman–Crippen MR) is 84.3 cm³/mol. The number of ether oxygens (including phenoxy) is 1. The summed E-state index contributed by atoms with van der Waals surface area (Å²) in [7, 11) is 1.61. The summed E-state index contributed by atoms with van der Waals surface area (Å²) in [6.07, 6.45) is 0.523. The van der Waals surface area contributed by atoms with E-state index in [1.54, 1.807) is 19.2 Å². The van der Waals surface area contributed by atoms with Gasteiger partial charge in [0, 0.05) is 24.1 Å². The number of nitro benzene ring substituents is 1. The lowest BCUT2D eigenvalue weighted by Gasteiger charge is -2.00. The predicted octanol–water partition coefficient (Wildman–Crippen LogP) is 2.98. The van der Waals surface area contributed by atoms with Crippen molar-refractivity contribution in [1.82, 2.24) is 15.2 Å². The first kappa shape index (κ1) is 14.7. The summed E-state index contributed by atoms with van der Waals surface area (Å²) >= 11 is 0. The number of benzene rings is 2. The molecule has 116 valence electrons. The van der Waals surface area contributed by atoms with Crippen LogP contribution in [0.3, 0.4) is 0 Å². The van der Waals surface area contributed by atoms with Crippen LogP contribution >= 0.6 is 0 Å². The van der Waals surface area contributed by atoms with Crippen LogP contribution in [0.25, 0.3) is 11.4 Å². The number of rotatable bonds is 5. The Balaban J connectivity index is 1.77. The quantitative estimate of drug-likeness (QED) is 0.577. The Bertz CT molecular complexity index is 827. The number of nitro groups is 1. The molecule has 0 atom stereocenters. The molecule has 0 saturated heterocycles. The minimum atomic E-state index is -0.418. The number of hydrogen-bond acceptors (Lipinski definition) is 5. The molecule has 0 radical (unpaired) electrons. The van der Waals surface area contributed by atoms with Crippen LogP contribution in [0.15, 0.2) is 48.5 Å². The largest absolute Gasteiger partial charge is 0.497 e. The Hall–Kier alpha value is -3.22. The van der Waals surface area contributed by atoms with Crippen molar-refractivity contribution < 1.29 is 9.66 Å². The number of H-pyrrole nitrogens is 1. The van der Waals surface area contributed by atoms with Crippen molar-refractivity contribution in [1.29, 1.82) is 0 Å². The van der Waals surface area contributed by atoms with Crippen LogP contribution in [0.1, 0.15) is 11.4 Å². The Morgan fingerprint density at radius 2 is 2.00 bits per heavy atom. The molecule has 0 spiro atoms. The van der Waals surface area contributed by atoms with Gasteiger partial charge in [0.15, 0.2) is 5.82 Å². The summed E-state index contributed by atoms with van der Waals surface area (Å²) in [6.45, 7) is 0. The zero-order valence-electron chi connectivity index (χ0n) is 12.4. The number of non-ortho nitro benzene ring substituents is 1. The molecule has 3 rings (SSSR count). The molecule has 0 aliphatic heterocycles. The molecule has 7 heteroatoms. The molecule has 3 aromatic rings. The summed E-state index contributed by atoms with van der Waals surface area (Å²) in [5.41, 5.74) is 1.85. The van der Waals surface area contributed by atoms with Gasteiger partial charge in [-0.15, -0.1) is 0 Å². The molecule has 0 saturated carbocycles. The fraction of sp³-hybridized carbons (Fsp3) is 0.125. The highest BCUT2D eigenvalue weighted by atomic mass is 16.6. The number of aromatic amines is 1. The van der Waals surface area contributed by atoms with E-state index >= 15 is 0 Å². The summed E-state index contributed by atoms with van der Waals surface area (Å²) in [4.78, 5) is 14.7. The molecule has 0 aliphatic carbocycles. The topological polar surface area (TPSA) is 93.9 Å². The van der Waals surface area contributed by atoms with Crippen molar-refractivity contribution in [2.24, 2.45) is 0 Å². The zero-order valence-corrected chi connectivity index (χ0v) is 12.4. The van der Waals surface area contributed by atoms with Gasteiger partial charge in [-0.1, -0.05) is 24.3 Å². The first-order chi connectivity index (χ1) is 11.2. The lowest BCUT2D eigenvalue weighted by molar-refractivity contribution is -0.384. The van der Waals surface area contributed by atoms with Gasteiger partial charge in [0.25, 0.3) is 5.69 Å². The number of hydrogen-bond donors (Lipinski definition) is 1. The molecule has 1 heterocycles. The van der Waals surface area contributed by atoms with Gasteiger partial charge in [0.05, 0.1) is 12.0 Å². The third-order valence-electron chi connectivity index (χ3n) is 3.38. The van der Waals surface area contributed by atoms with Gasteiger partial charge in [-0.25, -0.2) is 4.98 Å². The molecule has 0 amide bonds. The zero-order chi connectivity index (χ0) is 16.2. The first-order valence-corrected chi connectivity index (χ1v) is 6.95. The van der Waals surface area contributed by atoms with Crippen molar-refractivity contribution in [3.63, 3.8) is 0 Å². The van der Waals surface area contributed by atoms with E-state index in [1.165, 1.54) is 12.1 Å². The fourth-order valence-corrected chi connectivity index (χ4v) is 2.19. The van der Waals surface area contributed by atoms with Crippen LogP contribution in [0.5, 0.6) is 5.75 Å². The average Bonchev–Trinajstić information content (AvgIpc) is 3.04. The second-order valence-corrected chi connectivity index (χ2v) is 4.94. The molecule has 0 bridgehead atoms. The van der Waals surface area contributed by atoms with Gasteiger partial charge in [0.1, 0.15) is 11.6 Å². The molecule has 7 nitrogen and oxygen atoms in total. The van der Waals surface area contributed by atoms with Crippen LogP contribution in [-0.2, 0) is 6.42 Å². The minimum absolute atomic E-state index is 0.0726. The Labute approximate surface area is 132 Å². The molecule has 0 aliphatic rings. The summed E-state index contributed by atoms with van der Waals surface area (Å²) < 4.78 is 5.19. The molecule has 2 aromatic carbocycles. The molecule has 23 heavy (non-hydrogen) atoms. The van der Waals surface area contributed by atoms with Gasteiger partial charge in [-0.05, 0) is 17.7 Å².